The molecule has 0 bridgehead atoms. The minimum atomic E-state index is -3.92. The van der Waals surface area contributed by atoms with E-state index >= 15 is 0 Å². The second kappa shape index (κ2) is 10.3. The molecule has 33 heavy (non-hydrogen) atoms. The molecule has 7 nitrogen and oxygen atoms in total. The lowest BCUT2D eigenvalue weighted by Gasteiger charge is -2.19. The van der Waals surface area contributed by atoms with Crippen molar-refractivity contribution in [1.29, 1.82) is 0 Å². The summed E-state index contributed by atoms with van der Waals surface area (Å²) in [6.07, 6.45) is 2.25. The smallest absolute Gasteiger partial charge is 0.336 e. The third kappa shape index (κ3) is 5.89. The zero-order valence-corrected chi connectivity index (χ0v) is 20.1. The molecule has 0 aliphatic carbocycles. The number of carbonyl (C=O) groups is 1. The van der Waals surface area contributed by atoms with Gasteiger partial charge in [-0.2, -0.15) is 4.72 Å². The number of hydrogen-bond acceptors (Lipinski definition) is 6. The van der Waals surface area contributed by atoms with Crippen molar-refractivity contribution in [3.8, 4) is 5.75 Å². The van der Waals surface area contributed by atoms with E-state index in [1.807, 2.05) is 20.8 Å². The zero-order chi connectivity index (χ0) is 24.2. The molecule has 1 N–H and O–H groups in total. The lowest BCUT2D eigenvalue weighted by Crippen LogP contribution is -2.43. The SMILES string of the molecule is CCCC[C@H](NS(=O)(=O)c1ccc(C)cc1)C(=O)Oc1cc(C)cc2oc(=O)cc(CC)c12. The molecule has 1 atom stereocenters. The van der Waals surface area contributed by atoms with Crippen molar-refractivity contribution in [2.45, 2.75) is 64.3 Å². The van der Waals surface area contributed by atoms with Crippen molar-refractivity contribution in [3.05, 3.63) is 69.6 Å². The Morgan fingerprint density at radius 1 is 1.06 bits per heavy atom. The first-order valence-corrected chi connectivity index (χ1v) is 12.5. The summed E-state index contributed by atoms with van der Waals surface area (Å²) in [7, 11) is -3.92. The van der Waals surface area contributed by atoms with Crippen LogP contribution >= 0.6 is 0 Å². The second-order valence-electron chi connectivity index (χ2n) is 8.13. The highest BCUT2D eigenvalue weighted by atomic mass is 32.2. The Morgan fingerprint density at radius 2 is 1.76 bits per heavy atom. The molecule has 8 heteroatoms. The lowest BCUT2D eigenvalue weighted by atomic mass is 10.0. The van der Waals surface area contributed by atoms with Crippen LogP contribution in [0, 0.1) is 13.8 Å². The summed E-state index contributed by atoms with van der Waals surface area (Å²) >= 11 is 0. The standard InChI is InChI=1S/C25H29NO6S/c1-5-7-8-20(26-33(29,30)19-11-9-16(3)10-12-19)25(28)32-22-14-17(4)13-21-24(22)18(6-2)15-23(27)31-21/h9-15,20,26H,5-8H2,1-4H3/t20-/m0/s1. The molecule has 0 radical (unpaired) electrons. The summed E-state index contributed by atoms with van der Waals surface area (Å²) in [5, 5.41) is 0.534. The highest BCUT2D eigenvalue weighted by Crippen LogP contribution is 2.30. The Labute approximate surface area is 193 Å². The average molecular weight is 472 g/mol. The first-order chi connectivity index (χ1) is 15.6. The molecule has 0 saturated heterocycles. The van der Waals surface area contributed by atoms with E-state index in [0.717, 1.165) is 17.5 Å². The van der Waals surface area contributed by atoms with Gasteiger partial charge in [0.25, 0.3) is 0 Å². The van der Waals surface area contributed by atoms with Gasteiger partial charge in [0.15, 0.2) is 0 Å². The van der Waals surface area contributed by atoms with Gasteiger partial charge in [-0.25, -0.2) is 18.0 Å². The Kier molecular flexibility index (Phi) is 7.71. The summed E-state index contributed by atoms with van der Waals surface area (Å²) in [5.41, 5.74) is 2.21. The molecule has 1 heterocycles. The number of ether oxygens (including phenoxy) is 1. The molecule has 0 fully saturated rings. The van der Waals surface area contributed by atoms with Gasteiger partial charge in [-0.1, -0.05) is 44.4 Å². The number of esters is 1. The molecule has 0 saturated carbocycles. The number of aryl methyl sites for hydroxylation is 3. The van der Waals surface area contributed by atoms with Gasteiger partial charge >= 0.3 is 11.6 Å². The fourth-order valence-corrected chi connectivity index (χ4v) is 4.83. The van der Waals surface area contributed by atoms with Gasteiger partial charge in [0.05, 0.1) is 10.3 Å². The van der Waals surface area contributed by atoms with Crippen LogP contribution in [0.3, 0.4) is 0 Å². The third-order valence-corrected chi connectivity index (χ3v) is 6.87. The Balaban J connectivity index is 1.96. The van der Waals surface area contributed by atoms with Crippen LogP contribution in [0.1, 0.15) is 49.8 Å². The summed E-state index contributed by atoms with van der Waals surface area (Å²) in [5.74, 6) is -0.467. The van der Waals surface area contributed by atoms with Crippen LogP contribution in [-0.4, -0.2) is 20.4 Å². The van der Waals surface area contributed by atoms with E-state index in [1.54, 1.807) is 31.2 Å². The highest BCUT2D eigenvalue weighted by molar-refractivity contribution is 7.89. The molecule has 2 aromatic carbocycles. The van der Waals surface area contributed by atoms with Gasteiger partial charge in [-0.15, -0.1) is 0 Å². The molecule has 0 amide bonds. The van der Waals surface area contributed by atoms with Crippen molar-refractivity contribution < 1.29 is 22.4 Å². The van der Waals surface area contributed by atoms with E-state index in [0.29, 0.717) is 35.8 Å². The van der Waals surface area contributed by atoms with Crippen molar-refractivity contribution >= 4 is 27.0 Å². The van der Waals surface area contributed by atoms with Gasteiger partial charge in [0, 0.05) is 6.07 Å². The Hall–Kier alpha value is -2.97. The maximum absolute atomic E-state index is 13.2. The highest BCUT2D eigenvalue weighted by Gasteiger charge is 2.28. The van der Waals surface area contributed by atoms with Crippen LogP contribution in [0.5, 0.6) is 5.75 Å². The molecule has 3 aromatic rings. The molecule has 176 valence electrons. The minimum Gasteiger partial charge on any atom is -0.425 e. The van der Waals surface area contributed by atoms with E-state index in [2.05, 4.69) is 4.72 Å². The number of carbonyl (C=O) groups excluding carboxylic acids is 1. The summed E-state index contributed by atoms with van der Waals surface area (Å²) in [4.78, 5) is 25.1. The molecule has 3 rings (SSSR count). The maximum Gasteiger partial charge on any atom is 0.336 e. The van der Waals surface area contributed by atoms with E-state index in [4.69, 9.17) is 9.15 Å². The number of hydrogen-bond donors (Lipinski definition) is 1. The van der Waals surface area contributed by atoms with Crippen LogP contribution in [0.2, 0.25) is 0 Å². The van der Waals surface area contributed by atoms with Crippen LogP contribution in [0.25, 0.3) is 11.0 Å². The average Bonchev–Trinajstić information content (AvgIpc) is 2.75. The maximum atomic E-state index is 13.2. The summed E-state index contributed by atoms with van der Waals surface area (Å²) < 4.78 is 39.4. The Morgan fingerprint density at radius 3 is 2.39 bits per heavy atom. The number of nitrogens with one attached hydrogen (secondary N) is 1. The number of sulfonamides is 1. The van der Waals surface area contributed by atoms with Crippen molar-refractivity contribution in [3.63, 3.8) is 0 Å². The van der Waals surface area contributed by atoms with Gasteiger partial charge in [0.2, 0.25) is 10.0 Å². The summed E-state index contributed by atoms with van der Waals surface area (Å²) in [6.45, 7) is 7.51. The summed E-state index contributed by atoms with van der Waals surface area (Å²) in [6, 6.07) is 10.1. The lowest BCUT2D eigenvalue weighted by molar-refractivity contribution is -0.136. The number of fused-ring (bicyclic) bond motifs is 1. The molecule has 0 spiro atoms. The monoisotopic (exact) mass is 471 g/mol. The fourth-order valence-electron chi connectivity index (χ4n) is 3.61. The molecular formula is C25H29NO6S. The molecule has 0 aliphatic heterocycles. The first kappa shape index (κ1) is 24.7. The number of benzene rings is 2. The minimum absolute atomic E-state index is 0.0819. The van der Waals surface area contributed by atoms with Gasteiger partial charge in [-0.05, 0) is 62.1 Å². The normalized spacial score (nSPS) is 12.6. The largest absolute Gasteiger partial charge is 0.425 e. The Bertz CT molecular complexity index is 1310. The predicted octanol–water partition coefficient (Wildman–Crippen LogP) is 4.41. The van der Waals surface area contributed by atoms with E-state index < -0.39 is 27.7 Å². The van der Waals surface area contributed by atoms with Crippen molar-refractivity contribution in [2.75, 3.05) is 0 Å². The van der Waals surface area contributed by atoms with Crippen LogP contribution in [0.4, 0.5) is 0 Å². The molecule has 0 aliphatic rings. The molecule has 1 aromatic heterocycles. The number of unbranched alkanes of at least 4 members (excludes halogenated alkanes) is 1. The topological polar surface area (TPSA) is 103 Å². The van der Waals surface area contributed by atoms with Crippen LogP contribution < -0.4 is 15.1 Å². The van der Waals surface area contributed by atoms with E-state index in [9.17, 15) is 18.0 Å². The van der Waals surface area contributed by atoms with Crippen LogP contribution in [-0.2, 0) is 21.2 Å². The van der Waals surface area contributed by atoms with Gasteiger partial charge in [0.1, 0.15) is 17.4 Å². The van der Waals surface area contributed by atoms with E-state index in [-0.39, 0.29) is 10.6 Å². The van der Waals surface area contributed by atoms with Gasteiger partial charge < -0.3 is 9.15 Å². The quantitative estimate of drug-likeness (QED) is 0.282. The van der Waals surface area contributed by atoms with E-state index in [1.165, 1.54) is 18.2 Å². The van der Waals surface area contributed by atoms with Gasteiger partial charge in [-0.3, -0.25) is 0 Å². The van der Waals surface area contributed by atoms with Crippen molar-refractivity contribution in [2.24, 2.45) is 0 Å². The first-order valence-electron chi connectivity index (χ1n) is 11.0. The fraction of sp³-hybridized carbons (Fsp3) is 0.360. The van der Waals surface area contributed by atoms with Crippen molar-refractivity contribution in [1.82, 2.24) is 4.72 Å². The third-order valence-electron chi connectivity index (χ3n) is 5.39. The zero-order valence-electron chi connectivity index (χ0n) is 19.3. The number of rotatable bonds is 9. The molecular weight excluding hydrogens is 442 g/mol. The molecule has 0 unspecified atom stereocenters. The second-order valence-corrected chi connectivity index (χ2v) is 9.84. The van der Waals surface area contributed by atoms with Crippen LogP contribution in [0.15, 0.2) is 56.6 Å². The predicted molar refractivity (Wildman–Crippen MR) is 127 cm³/mol.